The van der Waals surface area contributed by atoms with Gasteiger partial charge in [-0.05, 0) is 12.1 Å². The summed E-state index contributed by atoms with van der Waals surface area (Å²) in [6, 6.07) is 8.28. The minimum Gasteiger partial charge on any atom is -0.468 e. The molecule has 118 valence electrons. The molecular weight excluding hydrogens is 306 g/mol. The van der Waals surface area contributed by atoms with Gasteiger partial charge in [0.15, 0.2) is 0 Å². The summed E-state index contributed by atoms with van der Waals surface area (Å²) in [7, 11) is 1.28. The zero-order valence-electron chi connectivity index (χ0n) is 12.3. The topological polar surface area (TPSA) is 81.7 Å². The van der Waals surface area contributed by atoms with Crippen molar-refractivity contribution in [3.63, 3.8) is 0 Å². The molecule has 22 heavy (non-hydrogen) atoms. The summed E-state index contributed by atoms with van der Waals surface area (Å²) >= 11 is 1.30. The number of hydrogen-bond acceptors (Lipinski definition) is 6. The molecule has 1 aliphatic rings. The van der Waals surface area contributed by atoms with E-state index in [1.807, 2.05) is 6.07 Å². The predicted molar refractivity (Wildman–Crippen MR) is 81.5 cm³/mol. The SMILES string of the molecule is COC(=O)[C@H]1SC[C@H](NC(=O)c2ccccc2)[C@H]1OC(C)=O. The van der Waals surface area contributed by atoms with Gasteiger partial charge in [0.1, 0.15) is 11.4 Å². The number of benzene rings is 1. The zero-order valence-corrected chi connectivity index (χ0v) is 13.1. The molecule has 1 N–H and O–H groups in total. The minimum absolute atomic E-state index is 0.270. The summed E-state index contributed by atoms with van der Waals surface area (Å²) in [6.07, 6.45) is -0.734. The van der Waals surface area contributed by atoms with Gasteiger partial charge >= 0.3 is 11.9 Å². The third-order valence-corrected chi connectivity index (χ3v) is 4.61. The molecule has 0 bridgehead atoms. The fraction of sp³-hybridized carbons (Fsp3) is 0.400. The lowest BCUT2D eigenvalue weighted by atomic mass is 10.1. The van der Waals surface area contributed by atoms with Crippen LogP contribution in [0.2, 0.25) is 0 Å². The van der Waals surface area contributed by atoms with Crippen LogP contribution in [-0.2, 0) is 19.1 Å². The maximum atomic E-state index is 12.2. The Hall–Kier alpha value is -2.02. The van der Waals surface area contributed by atoms with Gasteiger partial charge in [0, 0.05) is 18.2 Å². The Morgan fingerprint density at radius 2 is 1.91 bits per heavy atom. The number of nitrogens with one attached hydrogen (secondary N) is 1. The number of hydrogen-bond donors (Lipinski definition) is 1. The Bertz CT molecular complexity index is 562. The number of thioether (sulfide) groups is 1. The van der Waals surface area contributed by atoms with Crippen molar-refractivity contribution in [3.8, 4) is 0 Å². The normalized spacial score (nSPS) is 23.6. The van der Waals surface area contributed by atoms with E-state index in [1.165, 1.54) is 25.8 Å². The van der Waals surface area contributed by atoms with Crippen LogP contribution in [0, 0.1) is 0 Å². The number of methoxy groups -OCH3 is 1. The van der Waals surface area contributed by atoms with E-state index in [4.69, 9.17) is 9.47 Å². The van der Waals surface area contributed by atoms with E-state index in [0.29, 0.717) is 11.3 Å². The second-order valence-electron chi connectivity index (χ2n) is 4.80. The molecule has 6 nitrogen and oxygen atoms in total. The van der Waals surface area contributed by atoms with Crippen molar-refractivity contribution in [1.29, 1.82) is 0 Å². The van der Waals surface area contributed by atoms with Crippen LogP contribution in [0.1, 0.15) is 17.3 Å². The Morgan fingerprint density at radius 3 is 2.50 bits per heavy atom. The molecule has 7 heteroatoms. The van der Waals surface area contributed by atoms with Crippen LogP contribution in [-0.4, -0.2) is 48.1 Å². The van der Waals surface area contributed by atoms with Gasteiger partial charge in [-0.1, -0.05) is 18.2 Å². The van der Waals surface area contributed by atoms with Crippen LogP contribution >= 0.6 is 11.8 Å². The van der Waals surface area contributed by atoms with Crippen molar-refractivity contribution in [3.05, 3.63) is 35.9 Å². The number of carbonyl (C=O) groups excluding carboxylic acids is 3. The second kappa shape index (κ2) is 7.31. The average molecular weight is 323 g/mol. The minimum atomic E-state index is -0.734. The van der Waals surface area contributed by atoms with Crippen molar-refractivity contribution >= 4 is 29.6 Å². The van der Waals surface area contributed by atoms with E-state index in [9.17, 15) is 14.4 Å². The van der Waals surface area contributed by atoms with E-state index in [1.54, 1.807) is 24.3 Å². The molecule has 0 spiro atoms. The molecule has 1 saturated heterocycles. The molecule has 3 atom stereocenters. The lowest BCUT2D eigenvalue weighted by molar-refractivity contribution is -0.151. The smallest absolute Gasteiger partial charge is 0.322 e. The number of ether oxygens (including phenoxy) is 2. The van der Waals surface area contributed by atoms with Gasteiger partial charge in [-0.15, -0.1) is 11.8 Å². The lowest BCUT2D eigenvalue weighted by Gasteiger charge is -2.23. The van der Waals surface area contributed by atoms with Gasteiger partial charge < -0.3 is 14.8 Å². The second-order valence-corrected chi connectivity index (χ2v) is 5.97. The standard InChI is InChI=1S/C15H17NO5S/c1-9(17)21-12-11(8-22-13(12)15(19)20-2)16-14(18)10-6-4-3-5-7-10/h3-7,11-13H,8H2,1-2H3,(H,16,18)/t11-,12+,13-/m0/s1. The maximum Gasteiger partial charge on any atom is 0.322 e. The molecule has 1 aromatic carbocycles. The predicted octanol–water partition coefficient (Wildman–Crippen LogP) is 1.01. The lowest BCUT2D eigenvalue weighted by Crippen LogP contribution is -2.48. The van der Waals surface area contributed by atoms with Crippen molar-refractivity contribution in [2.45, 2.75) is 24.3 Å². The fourth-order valence-electron chi connectivity index (χ4n) is 2.23. The molecule has 2 rings (SSSR count). The Kier molecular flexibility index (Phi) is 5.43. The molecule has 0 saturated carbocycles. The maximum absolute atomic E-state index is 12.2. The molecule has 1 aromatic rings. The number of esters is 2. The fourth-order valence-corrected chi connectivity index (χ4v) is 3.58. The Morgan fingerprint density at radius 1 is 1.23 bits per heavy atom. The van der Waals surface area contributed by atoms with E-state index in [2.05, 4.69) is 5.32 Å². The summed E-state index contributed by atoms with van der Waals surface area (Å²) in [5.74, 6) is -0.766. The first-order valence-corrected chi connectivity index (χ1v) is 7.80. The van der Waals surface area contributed by atoms with Crippen molar-refractivity contribution < 1.29 is 23.9 Å². The largest absolute Gasteiger partial charge is 0.468 e. The van der Waals surface area contributed by atoms with Crippen molar-refractivity contribution in [2.24, 2.45) is 0 Å². The highest BCUT2D eigenvalue weighted by molar-refractivity contribution is 8.01. The zero-order chi connectivity index (χ0) is 16.1. The summed E-state index contributed by atoms with van der Waals surface area (Å²) < 4.78 is 9.94. The first kappa shape index (κ1) is 16.4. The highest BCUT2D eigenvalue weighted by Gasteiger charge is 2.44. The van der Waals surface area contributed by atoms with E-state index >= 15 is 0 Å². The molecule has 1 fully saturated rings. The first-order chi connectivity index (χ1) is 10.5. The van der Waals surface area contributed by atoms with E-state index in [0.717, 1.165) is 0 Å². The van der Waals surface area contributed by atoms with E-state index < -0.39 is 29.3 Å². The quantitative estimate of drug-likeness (QED) is 0.833. The van der Waals surface area contributed by atoms with Gasteiger partial charge in [0.05, 0.1) is 13.2 Å². The monoisotopic (exact) mass is 323 g/mol. The molecule has 0 unspecified atom stereocenters. The van der Waals surface area contributed by atoms with Gasteiger partial charge in [-0.2, -0.15) is 0 Å². The summed E-state index contributed by atoms with van der Waals surface area (Å²) in [6.45, 7) is 1.27. The summed E-state index contributed by atoms with van der Waals surface area (Å²) in [5.41, 5.74) is 0.510. The Labute approximate surface area is 132 Å². The molecule has 1 amide bonds. The van der Waals surface area contributed by atoms with Crippen LogP contribution < -0.4 is 5.32 Å². The van der Waals surface area contributed by atoms with Crippen LogP contribution in [0.3, 0.4) is 0 Å². The van der Waals surface area contributed by atoms with Crippen LogP contribution in [0.4, 0.5) is 0 Å². The van der Waals surface area contributed by atoms with Gasteiger partial charge in [-0.3, -0.25) is 14.4 Å². The molecule has 0 aliphatic carbocycles. The molecule has 0 aromatic heterocycles. The van der Waals surface area contributed by atoms with Crippen LogP contribution in [0.5, 0.6) is 0 Å². The van der Waals surface area contributed by atoms with Gasteiger partial charge in [0.25, 0.3) is 5.91 Å². The third kappa shape index (κ3) is 3.79. The van der Waals surface area contributed by atoms with E-state index in [-0.39, 0.29) is 5.91 Å². The molecule has 0 radical (unpaired) electrons. The molecular formula is C15H17NO5S. The highest BCUT2D eigenvalue weighted by atomic mass is 32.2. The number of amides is 1. The molecule has 1 aliphatic heterocycles. The Balaban J connectivity index is 2.10. The molecule has 1 heterocycles. The number of carbonyl (C=O) groups is 3. The van der Waals surface area contributed by atoms with Crippen molar-refractivity contribution in [1.82, 2.24) is 5.32 Å². The summed E-state index contributed by atoms with van der Waals surface area (Å²) in [4.78, 5) is 35.2. The van der Waals surface area contributed by atoms with Gasteiger partial charge in [0.2, 0.25) is 0 Å². The summed E-state index contributed by atoms with van der Waals surface area (Å²) in [5, 5.41) is 2.19. The first-order valence-electron chi connectivity index (χ1n) is 6.75. The number of rotatable bonds is 4. The highest BCUT2D eigenvalue weighted by Crippen LogP contribution is 2.31. The third-order valence-electron chi connectivity index (χ3n) is 3.24. The van der Waals surface area contributed by atoms with Gasteiger partial charge in [-0.25, -0.2) is 0 Å². The van der Waals surface area contributed by atoms with Crippen molar-refractivity contribution in [2.75, 3.05) is 12.9 Å². The van der Waals surface area contributed by atoms with Crippen LogP contribution in [0.15, 0.2) is 30.3 Å². The van der Waals surface area contributed by atoms with Crippen LogP contribution in [0.25, 0.3) is 0 Å². The average Bonchev–Trinajstić information content (AvgIpc) is 2.89.